The van der Waals surface area contributed by atoms with E-state index >= 15 is 0 Å². The van der Waals surface area contributed by atoms with Gasteiger partial charge in [0.05, 0.1) is 16.1 Å². The Bertz CT molecular complexity index is 1210. The molecule has 0 radical (unpaired) electrons. The van der Waals surface area contributed by atoms with Gasteiger partial charge in [-0.1, -0.05) is 76.9 Å². The maximum atomic E-state index is 4.24. The molecule has 0 aromatic rings. The van der Waals surface area contributed by atoms with Crippen molar-refractivity contribution < 1.29 is 0 Å². The lowest BCUT2D eigenvalue weighted by atomic mass is 9.55. The molecule has 274 valence electrons. The molecule has 10 fully saturated rings. The lowest BCUT2D eigenvalue weighted by Gasteiger charge is -2.68. The van der Waals surface area contributed by atoms with Crippen molar-refractivity contribution in [1.29, 1.82) is 0 Å². The van der Waals surface area contributed by atoms with E-state index in [0.717, 1.165) is 41.0 Å². The number of piperidine rings is 2. The highest BCUT2D eigenvalue weighted by Crippen LogP contribution is 2.80. The zero-order valence-corrected chi connectivity index (χ0v) is 36.7. The highest BCUT2D eigenvalue weighted by Gasteiger charge is 2.63. The van der Waals surface area contributed by atoms with E-state index in [-0.39, 0.29) is 13.1 Å². The summed E-state index contributed by atoms with van der Waals surface area (Å²) in [5.74, 6) is 6.44. The van der Waals surface area contributed by atoms with Crippen molar-refractivity contribution in [3.63, 3.8) is 0 Å². The molecule has 4 unspecified atom stereocenters. The maximum Gasteiger partial charge on any atom is 0.0728 e. The summed E-state index contributed by atoms with van der Waals surface area (Å²) in [6, 6.07) is 1.16. The van der Waals surface area contributed by atoms with E-state index in [9.17, 15) is 0 Å². The zero-order valence-electron chi connectivity index (χ0n) is 32.6. The van der Waals surface area contributed by atoms with E-state index < -0.39 is 16.1 Å². The molecule has 8 bridgehead atoms. The third kappa shape index (κ3) is 6.03. The molecule has 2 heterocycles. The molecule has 0 aromatic carbocycles. The Balaban J connectivity index is 1.23. The van der Waals surface area contributed by atoms with Gasteiger partial charge in [-0.15, -0.1) is 9.24 Å². The fraction of sp³-hybridized carbons (Fsp3) is 0.907. The molecule has 0 amide bonds. The second-order valence-corrected chi connectivity index (χ2v) is 36.8. The zero-order chi connectivity index (χ0) is 34.0. The van der Waals surface area contributed by atoms with Gasteiger partial charge in [0.1, 0.15) is 0 Å². The van der Waals surface area contributed by atoms with Gasteiger partial charge in [-0.3, -0.25) is 0 Å². The predicted octanol–water partition coefficient (Wildman–Crippen LogP) is 11.1. The van der Waals surface area contributed by atoms with E-state index in [4.69, 9.17) is 0 Å². The first-order valence-electron chi connectivity index (χ1n) is 21.7. The number of allylic oxidation sites excluding steroid dienone is 3. The van der Waals surface area contributed by atoms with Gasteiger partial charge < -0.3 is 10.6 Å². The van der Waals surface area contributed by atoms with Gasteiger partial charge in [0.25, 0.3) is 0 Å². The molecule has 6 heteroatoms. The first-order chi connectivity index (χ1) is 23.3. The molecule has 0 aromatic heterocycles. The van der Waals surface area contributed by atoms with Gasteiger partial charge in [-0.2, -0.15) is 0 Å². The van der Waals surface area contributed by atoms with Crippen LogP contribution in [0, 0.1) is 35.5 Å². The summed E-state index contributed by atoms with van der Waals surface area (Å²) in [7, 11) is 0.585. The van der Waals surface area contributed by atoms with Crippen LogP contribution in [0.15, 0.2) is 22.4 Å². The molecule has 11 aliphatic rings. The van der Waals surface area contributed by atoms with E-state index in [0.29, 0.717) is 22.4 Å². The Morgan fingerprint density at radius 3 is 1.41 bits per heavy atom. The fourth-order valence-electron chi connectivity index (χ4n) is 15.8. The first kappa shape index (κ1) is 35.4. The van der Waals surface area contributed by atoms with E-state index in [1.165, 1.54) is 57.8 Å². The average Bonchev–Trinajstić information content (AvgIpc) is 3.44. The molecule has 2 aliphatic heterocycles. The number of nitrogens with one attached hydrogen (secondary N) is 2. The van der Waals surface area contributed by atoms with Gasteiger partial charge in [0.2, 0.25) is 0 Å². The third-order valence-electron chi connectivity index (χ3n) is 16.8. The van der Waals surface area contributed by atoms with Crippen molar-refractivity contribution in [1.82, 2.24) is 10.6 Å². The van der Waals surface area contributed by atoms with Crippen LogP contribution < -0.4 is 10.6 Å². The second kappa shape index (κ2) is 12.6. The van der Waals surface area contributed by atoms with Crippen molar-refractivity contribution in [2.24, 2.45) is 35.5 Å². The van der Waals surface area contributed by atoms with Crippen LogP contribution in [0.2, 0.25) is 44.8 Å². The minimum Gasteiger partial charge on any atom is -0.313 e. The summed E-state index contributed by atoms with van der Waals surface area (Å²) in [5, 5.41) is 12.0. The Morgan fingerprint density at radius 1 is 0.673 bits per heavy atom. The molecule has 8 saturated carbocycles. The van der Waals surface area contributed by atoms with Gasteiger partial charge in [0, 0.05) is 17.2 Å². The SMILES string of the molecule is C[Si](C)(C)C1=CC(C(P)(C2CCCCN2)C2CCCCN2)=C(CP(C23CC4CC(CC(C4)C2)C3)C23CC4CC(CC(C4)C2)C3)C1[Si](C)(C)C. The van der Waals surface area contributed by atoms with Crippen LogP contribution in [0.3, 0.4) is 0 Å². The summed E-state index contributed by atoms with van der Waals surface area (Å²) in [4.78, 5) is 0. The maximum absolute atomic E-state index is 4.24. The van der Waals surface area contributed by atoms with Crippen molar-refractivity contribution in [3.8, 4) is 0 Å². The number of hydrogen-bond donors (Lipinski definition) is 2. The smallest absolute Gasteiger partial charge is 0.0728 e. The summed E-state index contributed by atoms with van der Waals surface area (Å²) in [6.45, 7) is 18.9. The topological polar surface area (TPSA) is 24.1 Å². The van der Waals surface area contributed by atoms with E-state index in [1.54, 1.807) is 77.0 Å². The van der Waals surface area contributed by atoms with Gasteiger partial charge in [-0.05, 0) is 179 Å². The van der Waals surface area contributed by atoms with E-state index in [2.05, 4.69) is 70.8 Å². The van der Waals surface area contributed by atoms with Crippen LogP contribution in [0.4, 0.5) is 0 Å². The first-order valence-corrected chi connectivity index (χ1v) is 30.9. The van der Waals surface area contributed by atoms with Crippen LogP contribution in [0.1, 0.15) is 116 Å². The van der Waals surface area contributed by atoms with Crippen LogP contribution in [-0.4, -0.2) is 63.0 Å². The van der Waals surface area contributed by atoms with Crippen molar-refractivity contribution in [3.05, 3.63) is 22.4 Å². The minimum absolute atomic E-state index is 0.0609. The molecule has 11 rings (SSSR count). The highest BCUT2D eigenvalue weighted by molar-refractivity contribution is 7.61. The molecule has 49 heavy (non-hydrogen) atoms. The Labute approximate surface area is 307 Å². The van der Waals surface area contributed by atoms with Crippen molar-refractivity contribution in [2.75, 3.05) is 19.3 Å². The van der Waals surface area contributed by atoms with E-state index in [1.807, 2.05) is 10.8 Å². The molecule has 4 atom stereocenters. The lowest BCUT2D eigenvalue weighted by Crippen LogP contribution is -2.61. The summed E-state index contributed by atoms with van der Waals surface area (Å²) >= 11 is 0. The molecular formula is C43H74N2P2Si2. The summed E-state index contributed by atoms with van der Waals surface area (Å²) < 4.78 is 0. The predicted molar refractivity (Wildman–Crippen MR) is 223 cm³/mol. The molecule has 2 nitrogen and oxygen atoms in total. The van der Waals surface area contributed by atoms with Crippen LogP contribution in [0.25, 0.3) is 0 Å². The van der Waals surface area contributed by atoms with Crippen molar-refractivity contribution >= 4 is 33.3 Å². The Morgan fingerprint density at radius 2 is 1.08 bits per heavy atom. The van der Waals surface area contributed by atoms with Gasteiger partial charge in [0.15, 0.2) is 0 Å². The van der Waals surface area contributed by atoms with Crippen molar-refractivity contribution in [2.45, 2.75) is 188 Å². The molecule has 9 aliphatic carbocycles. The average molecular weight is 737 g/mol. The Hall–Kier alpha value is 0.694. The second-order valence-electron chi connectivity index (χ2n) is 22.4. The summed E-state index contributed by atoms with van der Waals surface area (Å²) in [5.41, 5.74) is 4.74. The quantitative estimate of drug-likeness (QED) is 0.182. The lowest BCUT2D eigenvalue weighted by molar-refractivity contribution is 0.0187. The summed E-state index contributed by atoms with van der Waals surface area (Å²) in [6.07, 6.45) is 32.2. The molecule has 2 N–H and O–H groups in total. The minimum atomic E-state index is -1.55. The molecule has 2 saturated heterocycles. The van der Waals surface area contributed by atoms with Crippen LogP contribution in [-0.2, 0) is 0 Å². The van der Waals surface area contributed by atoms with Gasteiger partial charge >= 0.3 is 0 Å². The molecular weight excluding hydrogens is 663 g/mol. The van der Waals surface area contributed by atoms with Gasteiger partial charge in [-0.25, -0.2) is 0 Å². The monoisotopic (exact) mass is 736 g/mol. The molecule has 0 spiro atoms. The van der Waals surface area contributed by atoms with Crippen LogP contribution in [0.5, 0.6) is 0 Å². The fourth-order valence-corrected chi connectivity index (χ4v) is 28.6. The van der Waals surface area contributed by atoms with Crippen LogP contribution >= 0.6 is 17.2 Å². The normalized spacial score (nSPS) is 46.7. The number of hydrogen-bond acceptors (Lipinski definition) is 2. The highest BCUT2D eigenvalue weighted by atomic mass is 31.1. The standard InChI is InChI=1S/C43H74N2P2Si2/c1-48(2,3)37-21-36(43(46,38-11-7-9-13-44-38)39-12-8-10-14-45-39)35(40(37)49(4,5)6)28-47(41-22-29-15-30(23-41)17-31(16-29)24-41)42-25-32-18-33(26-42)20-34(19-32)27-42/h21,29-34,38-40,44-45H,7-20,22-28,46H2,1-6H3. The Kier molecular flexibility index (Phi) is 9.12. The third-order valence-corrected chi connectivity index (χ3v) is 26.8. The largest absolute Gasteiger partial charge is 0.313 e. The number of rotatable bonds is 9.